The third kappa shape index (κ3) is 7.01. The van der Waals surface area contributed by atoms with Crippen LogP contribution >= 0.6 is 0 Å². The Morgan fingerprint density at radius 1 is 1.03 bits per heavy atom. The van der Waals surface area contributed by atoms with Crippen molar-refractivity contribution < 1.29 is 28.2 Å². The number of amides is 1. The van der Waals surface area contributed by atoms with E-state index in [9.17, 15) is 18.8 Å². The summed E-state index contributed by atoms with van der Waals surface area (Å²) in [6, 6.07) is 7.65. The Morgan fingerprint density at radius 3 is 2.28 bits per heavy atom. The number of anilines is 1. The van der Waals surface area contributed by atoms with Crippen LogP contribution in [0.3, 0.4) is 0 Å². The summed E-state index contributed by atoms with van der Waals surface area (Å²) in [7, 11) is 0. The number of ether oxygens (including phenoxy) is 2. The first kappa shape index (κ1) is 24.7. The predicted octanol–water partition coefficient (Wildman–Crippen LogP) is 4.20. The summed E-state index contributed by atoms with van der Waals surface area (Å²) in [5.74, 6) is -2.27. The molecular formula is C24H27FN2O5. The quantitative estimate of drug-likeness (QED) is 0.427. The molecule has 0 atom stereocenters. The number of esters is 2. The van der Waals surface area contributed by atoms with Gasteiger partial charge in [-0.2, -0.15) is 0 Å². The number of benzene rings is 1. The predicted molar refractivity (Wildman–Crippen MR) is 118 cm³/mol. The number of pyridine rings is 1. The van der Waals surface area contributed by atoms with Gasteiger partial charge in [0.05, 0.1) is 18.9 Å². The van der Waals surface area contributed by atoms with Gasteiger partial charge in [0, 0.05) is 12.4 Å². The average Bonchev–Trinajstić information content (AvgIpc) is 2.73. The van der Waals surface area contributed by atoms with E-state index in [0.717, 1.165) is 11.1 Å². The second-order valence-corrected chi connectivity index (χ2v) is 7.19. The summed E-state index contributed by atoms with van der Waals surface area (Å²) in [5.41, 5.74) is 2.43. The first-order valence-electron chi connectivity index (χ1n) is 10.3. The lowest BCUT2D eigenvalue weighted by molar-refractivity contribution is -0.145. The summed E-state index contributed by atoms with van der Waals surface area (Å²) >= 11 is 0. The molecule has 0 aliphatic rings. The Morgan fingerprint density at radius 2 is 1.69 bits per heavy atom. The fraction of sp³-hybridized carbons (Fsp3) is 0.333. The van der Waals surface area contributed by atoms with Gasteiger partial charge in [-0.05, 0) is 63.4 Å². The second kappa shape index (κ2) is 11.7. The lowest BCUT2D eigenvalue weighted by Gasteiger charge is -2.22. The molecule has 0 radical (unpaired) electrons. The zero-order valence-electron chi connectivity index (χ0n) is 18.7. The molecule has 32 heavy (non-hydrogen) atoms. The molecule has 170 valence electrons. The summed E-state index contributed by atoms with van der Waals surface area (Å²) in [5, 5.41) is 0. The van der Waals surface area contributed by atoms with Gasteiger partial charge in [0.15, 0.2) is 5.69 Å². The molecule has 7 nitrogen and oxygen atoms in total. The molecule has 0 aliphatic carbocycles. The minimum absolute atomic E-state index is 0.0515. The summed E-state index contributed by atoms with van der Waals surface area (Å²) in [6.45, 7) is 7.17. The van der Waals surface area contributed by atoms with Gasteiger partial charge >= 0.3 is 11.9 Å². The van der Waals surface area contributed by atoms with Crippen LogP contribution in [0.1, 0.15) is 55.7 Å². The van der Waals surface area contributed by atoms with E-state index in [0.29, 0.717) is 12.0 Å². The van der Waals surface area contributed by atoms with Crippen LogP contribution in [0.15, 0.2) is 48.3 Å². The van der Waals surface area contributed by atoms with E-state index in [2.05, 4.69) is 4.98 Å². The van der Waals surface area contributed by atoms with Crippen molar-refractivity contribution in [1.82, 2.24) is 4.98 Å². The van der Waals surface area contributed by atoms with Gasteiger partial charge in [-0.3, -0.25) is 14.5 Å². The smallest absolute Gasteiger partial charge is 0.359 e. The van der Waals surface area contributed by atoms with Crippen molar-refractivity contribution >= 4 is 23.5 Å². The van der Waals surface area contributed by atoms with Gasteiger partial charge in [0.25, 0.3) is 0 Å². The van der Waals surface area contributed by atoms with E-state index in [1.165, 1.54) is 29.4 Å². The van der Waals surface area contributed by atoms with Crippen molar-refractivity contribution in [2.75, 3.05) is 18.1 Å². The Balaban J connectivity index is 2.52. The Bertz CT molecular complexity index is 998. The van der Waals surface area contributed by atoms with Gasteiger partial charge in [-0.15, -0.1) is 0 Å². The summed E-state index contributed by atoms with van der Waals surface area (Å²) < 4.78 is 23.2. The largest absolute Gasteiger partial charge is 0.466 e. The maximum Gasteiger partial charge on any atom is 0.359 e. The van der Waals surface area contributed by atoms with Crippen molar-refractivity contribution in [3.63, 3.8) is 0 Å². The highest BCUT2D eigenvalue weighted by Crippen LogP contribution is 2.25. The molecule has 8 heteroatoms. The average molecular weight is 442 g/mol. The third-order valence-corrected chi connectivity index (χ3v) is 4.23. The second-order valence-electron chi connectivity index (χ2n) is 7.19. The molecule has 0 N–H and O–H groups in total. The van der Waals surface area contributed by atoms with Gasteiger partial charge in [0.2, 0.25) is 5.91 Å². The van der Waals surface area contributed by atoms with Crippen LogP contribution in [0.4, 0.5) is 10.1 Å². The zero-order chi connectivity index (χ0) is 23.7. The molecule has 1 amide bonds. The number of nitrogens with zero attached hydrogens (tertiary/aromatic N) is 2. The maximum absolute atomic E-state index is 13.2. The lowest BCUT2D eigenvalue weighted by Crippen LogP contribution is -2.30. The van der Waals surface area contributed by atoms with Crippen LogP contribution in [0.2, 0.25) is 0 Å². The van der Waals surface area contributed by atoms with Gasteiger partial charge in [-0.1, -0.05) is 17.7 Å². The van der Waals surface area contributed by atoms with Crippen LogP contribution in [-0.2, 0) is 25.5 Å². The van der Waals surface area contributed by atoms with Crippen molar-refractivity contribution in [2.24, 2.45) is 0 Å². The standard InChI is InChI=1S/C24H27FN2O5/c1-5-31-22(29)13-21(28)27(15-16(3)4)20-12-18(11-17-7-9-19(25)10-8-17)14-26-23(20)24(30)32-6-2/h7-10,12,14-15H,5-6,11,13H2,1-4H3. The van der Waals surface area contributed by atoms with Crippen LogP contribution in [0.5, 0.6) is 0 Å². The molecule has 1 aromatic heterocycles. The normalized spacial score (nSPS) is 10.3. The number of hydrogen-bond acceptors (Lipinski definition) is 6. The van der Waals surface area contributed by atoms with E-state index >= 15 is 0 Å². The number of allylic oxidation sites excluding steroid dienone is 1. The number of hydrogen-bond donors (Lipinski definition) is 0. The minimum atomic E-state index is -0.688. The Hall–Kier alpha value is -3.55. The number of rotatable bonds is 9. The fourth-order valence-corrected chi connectivity index (χ4v) is 2.92. The molecule has 0 bridgehead atoms. The van der Waals surface area contributed by atoms with Gasteiger partial charge in [0.1, 0.15) is 12.2 Å². The highest BCUT2D eigenvalue weighted by Gasteiger charge is 2.25. The maximum atomic E-state index is 13.2. The molecule has 2 aromatic rings. The highest BCUT2D eigenvalue weighted by atomic mass is 19.1. The number of aromatic nitrogens is 1. The van der Waals surface area contributed by atoms with Crippen LogP contribution in [0.25, 0.3) is 0 Å². The number of carbonyl (C=O) groups excluding carboxylic acids is 3. The molecule has 0 saturated carbocycles. The van der Waals surface area contributed by atoms with Gasteiger partial charge < -0.3 is 9.47 Å². The minimum Gasteiger partial charge on any atom is -0.466 e. The number of carbonyl (C=O) groups is 3. The van der Waals surface area contributed by atoms with E-state index in [-0.39, 0.29) is 30.4 Å². The molecule has 2 rings (SSSR count). The van der Waals surface area contributed by atoms with Crippen LogP contribution < -0.4 is 4.90 Å². The topological polar surface area (TPSA) is 85.8 Å². The molecular weight excluding hydrogens is 415 g/mol. The van der Waals surface area contributed by atoms with E-state index in [4.69, 9.17) is 9.47 Å². The van der Waals surface area contributed by atoms with Crippen LogP contribution in [-0.4, -0.2) is 36.0 Å². The van der Waals surface area contributed by atoms with Crippen molar-refractivity contribution in [2.45, 2.75) is 40.5 Å². The first-order chi connectivity index (χ1) is 15.2. The highest BCUT2D eigenvalue weighted by molar-refractivity contribution is 6.07. The zero-order valence-corrected chi connectivity index (χ0v) is 18.7. The van der Waals surface area contributed by atoms with Crippen molar-refractivity contribution in [1.29, 1.82) is 0 Å². The Kier molecular flexibility index (Phi) is 9.07. The van der Waals surface area contributed by atoms with Crippen molar-refractivity contribution in [3.8, 4) is 0 Å². The van der Waals surface area contributed by atoms with Gasteiger partial charge in [-0.25, -0.2) is 14.2 Å². The summed E-state index contributed by atoms with van der Waals surface area (Å²) in [6.07, 6.45) is 2.94. The molecule has 0 saturated heterocycles. The molecule has 1 heterocycles. The molecule has 0 spiro atoms. The molecule has 0 unspecified atom stereocenters. The van der Waals surface area contributed by atoms with E-state index < -0.39 is 24.3 Å². The van der Waals surface area contributed by atoms with Crippen LogP contribution in [0, 0.1) is 5.82 Å². The van der Waals surface area contributed by atoms with Crippen molar-refractivity contribution in [3.05, 3.63) is 70.9 Å². The monoisotopic (exact) mass is 442 g/mol. The third-order valence-electron chi connectivity index (χ3n) is 4.23. The first-order valence-corrected chi connectivity index (χ1v) is 10.3. The molecule has 1 aromatic carbocycles. The molecule has 0 fully saturated rings. The van der Waals surface area contributed by atoms with E-state index in [1.54, 1.807) is 45.9 Å². The summed E-state index contributed by atoms with van der Waals surface area (Å²) in [4.78, 5) is 42.9. The Labute approximate surface area is 186 Å². The fourth-order valence-electron chi connectivity index (χ4n) is 2.92. The number of halogens is 1. The SMILES string of the molecule is CCOC(=O)CC(=O)N(C=C(C)C)c1cc(Cc2ccc(F)cc2)cnc1C(=O)OCC. The lowest BCUT2D eigenvalue weighted by atomic mass is 10.0. The molecule has 0 aliphatic heterocycles. The van der Waals surface area contributed by atoms with E-state index in [1.807, 2.05) is 0 Å².